The second-order valence-electron chi connectivity index (χ2n) is 4.77. The number of piperidine rings is 1. The van der Waals surface area contributed by atoms with Gasteiger partial charge in [-0.1, -0.05) is 6.92 Å². The first-order valence-electron chi connectivity index (χ1n) is 6.08. The van der Waals surface area contributed by atoms with Gasteiger partial charge in [0.25, 0.3) is 0 Å². The van der Waals surface area contributed by atoms with Crippen LogP contribution in [0.5, 0.6) is 0 Å². The monoisotopic (exact) mass is 326 g/mol. The number of rotatable bonds is 3. The van der Waals surface area contributed by atoms with Crippen LogP contribution in [-0.4, -0.2) is 27.5 Å². The first-order valence-corrected chi connectivity index (χ1v) is 7.56. The van der Waals surface area contributed by atoms with Gasteiger partial charge in [-0.2, -0.15) is 0 Å². The molecule has 1 fully saturated rings. The zero-order valence-electron chi connectivity index (χ0n) is 10.9. The lowest BCUT2D eigenvalue weighted by atomic mass is 9.97. The standard InChI is InChI=1S/C12H16F2N2O2S.ClH/c1-8-7-15-5-4-11(8)16-19(17,18)12-3-2-9(13)6-10(12)14;/h2-3,6,8,11,15-16H,4-5,7H2,1H3;1H. The molecule has 0 saturated carbocycles. The fourth-order valence-corrected chi connectivity index (χ4v) is 3.58. The molecule has 2 N–H and O–H groups in total. The van der Waals surface area contributed by atoms with E-state index in [2.05, 4.69) is 10.0 Å². The third-order valence-electron chi connectivity index (χ3n) is 3.28. The molecule has 1 saturated heterocycles. The van der Waals surface area contributed by atoms with Gasteiger partial charge in [-0.05, 0) is 37.6 Å². The summed E-state index contributed by atoms with van der Waals surface area (Å²) >= 11 is 0. The van der Waals surface area contributed by atoms with Gasteiger partial charge in [-0.15, -0.1) is 12.4 Å². The Labute approximate surface area is 123 Å². The van der Waals surface area contributed by atoms with Gasteiger partial charge in [0.15, 0.2) is 0 Å². The minimum absolute atomic E-state index is 0. The van der Waals surface area contributed by atoms with Crippen molar-refractivity contribution in [2.24, 2.45) is 5.92 Å². The number of hydrogen-bond acceptors (Lipinski definition) is 3. The zero-order valence-corrected chi connectivity index (χ0v) is 12.5. The van der Waals surface area contributed by atoms with Crippen LogP contribution in [-0.2, 0) is 10.0 Å². The van der Waals surface area contributed by atoms with Crippen LogP contribution in [0.2, 0.25) is 0 Å². The minimum Gasteiger partial charge on any atom is -0.316 e. The van der Waals surface area contributed by atoms with Crippen molar-refractivity contribution < 1.29 is 17.2 Å². The molecule has 114 valence electrons. The predicted molar refractivity (Wildman–Crippen MR) is 74.4 cm³/mol. The highest BCUT2D eigenvalue weighted by molar-refractivity contribution is 7.89. The molecule has 2 unspecified atom stereocenters. The first kappa shape index (κ1) is 17.3. The summed E-state index contributed by atoms with van der Waals surface area (Å²) in [5.41, 5.74) is 0. The van der Waals surface area contributed by atoms with Gasteiger partial charge in [0.1, 0.15) is 16.5 Å². The maximum absolute atomic E-state index is 13.5. The second kappa shape index (κ2) is 6.80. The normalized spacial score (nSPS) is 23.1. The molecule has 0 spiro atoms. The molecule has 1 aromatic rings. The third-order valence-corrected chi connectivity index (χ3v) is 4.80. The van der Waals surface area contributed by atoms with Gasteiger partial charge in [-0.25, -0.2) is 21.9 Å². The van der Waals surface area contributed by atoms with E-state index in [-0.39, 0.29) is 24.4 Å². The van der Waals surface area contributed by atoms with Gasteiger partial charge >= 0.3 is 0 Å². The lowest BCUT2D eigenvalue weighted by Gasteiger charge is -2.29. The largest absolute Gasteiger partial charge is 0.316 e. The van der Waals surface area contributed by atoms with Crippen molar-refractivity contribution in [2.75, 3.05) is 13.1 Å². The lowest BCUT2D eigenvalue weighted by Crippen LogP contribution is -2.48. The van der Waals surface area contributed by atoms with E-state index < -0.39 is 26.6 Å². The Balaban J connectivity index is 0.00000200. The minimum atomic E-state index is -3.96. The number of halogens is 3. The quantitative estimate of drug-likeness (QED) is 0.888. The molecule has 1 heterocycles. The highest BCUT2D eigenvalue weighted by atomic mass is 35.5. The van der Waals surface area contributed by atoms with Crippen molar-refractivity contribution >= 4 is 22.4 Å². The van der Waals surface area contributed by atoms with Gasteiger partial charge < -0.3 is 5.32 Å². The van der Waals surface area contributed by atoms with Crippen molar-refractivity contribution in [3.63, 3.8) is 0 Å². The lowest BCUT2D eigenvalue weighted by molar-refractivity contribution is 0.327. The van der Waals surface area contributed by atoms with E-state index >= 15 is 0 Å². The van der Waals surface area contributed by atoms with Crippen LogP contribution in [0.3, 0.4) is 0 Å². The van der Waals surface area contributed by atoms with Crippen molar-refractivity contribution in [3.05, 3.63) is 29.8 Å². The van der Waals surface area contributed by atoms with E-state index in [0.29, 0.717) is 25.6 Å². The Kier molecular flexibility index (Phi) is 5.88. The van der Waals surface area contributed by atoms with Crippen LogP contribution in [0.1, 0.15) is 13.3 Å². The van der Waals surface area contributed by atoms with E-state index in [1.165, 1.54) is 0 Å². The Morgan fingerprint density at radius 1 is 1.35 bits per heavy atom. The number of nitrogens with one attached hydrogen (secondary N) is 2. The highest BCUT2D eigenvalue weighted by Crippen LogP contribution is 2.18. The topological polar surface area (TPSA) is 58.2 Å². The Morgan fingerprint density at radius 2 is 2.05 bits per heavy atom. The Morgan fingerprint density at radius 3 is 2.65 bits per heavy atom. The first-order chi connectivity index (χ1) is 8.90. The third kappa shape index (κ3) is 3.88. The molecular formula is C12H17ClF2N2O2S. The van der Waals surface area contributed by atoms with Gasteiger partial charge in [-0.3, -0.25) is 0 Å². The fraction of sp³-hybridized carbons (Fsp3) is 0.500. The van der Waals surface area contributed by atoms with Crippen LogP contribution in [0.4, 0.5) is 8.78 Å². The number of sulfonamides is 1. The average Bonchev–Trinajstić information content (AvgIpc) is 2.31. The molecule has 1 aliphatic rings. The van der Waals surface area contributed by atoms with E-state index in [1.807, 2.05) is 6.92 Å². The SMILES string of the molecule is CC1CNCCC1NS(=O)(=O)c1ccc(F)cc1F.Cl. The predicted octanol–water partition coefficient (Wildman–Crippen LogP) is 1.66. The molecular weight excluding hydrogens is 310 g/mol. The Bertz CT molecular complexity index is 569. The van der Waals surface area contributed by atoms with Crippen molar-refractivity contribution in [1.29, 1.82) is 0 Å². The van der Waals surface area contributed by atoms with Crippen LogP contribution in [0, 0.1) is 17.6 Å². The summed E-state index contributed by atoms with van der Waals surface area (Å²) in [6.07, 6.45) is 0.642. The molecule has 0 radical (unpaired) electrons. The summed E-state index contributed by atoms with van der Waals surface area (Å²) in [7, 11) is -3.96. The highest BCUT2D eigenvalue weighted by Gasteiger charge is 2.28. The van der Waals surface area contributed by atoms with E-state index in [0.717, 1.165) is 12.1 Å². The molecule has 1 aromatic carbocycles. The average molecular weight is 327 g/mol. The van der Waals surface area contributed by atoms with Gasteiger partial charge in [0, 0.05) is 12.1 Å². The summed E-state index contributed by atoms with van der Waals surface area (Å²) in [5.74, 6) is -1.76. The van der Waals surface area contributed by atoms with Crippen molar-refractivity contribution in [2.45, 2.75) is 24.3 Å². The van der Waals surface area contributed by atoms with Gasteiger partial charge in [0.05, 0.1) is 0 Å². The number of benzene rings is 1. The molecule has 0 amide bonds. The smallest absolute Gasteiger partial charge is 0.243 e. The molecule has 1 aliphatic heterocycles. The van der Waals surface area contributed by atoms with Crippen LogP contribution in [0.25, 0.3) is 0 Å². The summed E-state index contributed by atoms with van der Waals surface area (Å²) < 4.78 is 53.0. The van der Waals surface area contributed by atoms with Crippen LogP contribution in [0.15, 0.2) is 23.1 Å². The maximum Gasteiger partial charge on any atom is 0.243 e. The molecule has 8 heteroatoms. The molecule has 0 aliphatic carbocycles. The molecule has 4 nitrogen and oxygen atoms in total. The maximum atomic E-state index is 13.5. The number of hydrogen-bond donors (Lipinski definition) is 2. The van der Waals surface area contributed by atoms with Crippen molar-refractivity contribution in [1.82, 2.24) is 10.0 Å². The van der Waals surface area contributed by atoms with Crippen LogP contribution < -0.4 is 10.0 Å². The van der Waals surface area contributed by atoms with E-state index in [1.54, 1.807) is 0 Å². The van der Waals surface area contributed by atoms with Crippen molar-refractivity contribution in [3.8, 4) is 0 Å². The summed E-state index contributed by atoms with van der Waals surface area (Å²) in [4.78, 5) is -0.514. The zero-order chi connectivity index (χ0) is 14.0. The summed E-state index contributed by atoms with van der Waals surface area (Å²) in [6.45, 7) is 3.34. The molecule has 20 heavy (non-hydrogen) atoms. The van der Waals surface area contributed by atoms with Gasteiger partial charge in [0.2, 0.25) is 10.0 Å². The fourth-order valence-electron chi connectivity index (χ4n) is 2.15. The van der Waals surface area contributed by atoms with E-state index in [4.69, 9.17) is 0 Å². The summed E-state index contributed by atoms with van der Waals surface area (Å²) in [6, 6.07) is 2.21. The molecule has 2 rings (SSSR count). The Hall–Kier alpha value is -0.760. The molecule has 0 bridgehead atoms. The summed E-state index contributed by atoms with van der Waals surface area (Å²) in [5, 5.41) is 3.15. The second-order valence-corrected chi connectivity index (χ2v) is 6.46. The molecule has 0 aromatic heterocycles. The van der Waals surface area contributed by atoms with E-state index in [9.17, 15) is 17.2 Å². The van der Waals surface area contributed by atoms with Crippen LogP contribution >= 0.6 is 12.4 Å². The molecule has 2 atom stereocenters.